The van der Waals surface area contributed by atoms with Crippen molar-refractivity contribution in [3.8, 4) is 17.6 Å². The number of hydrogen-bond donors (Lipinski definition) is 5. The molecule has 51 heavy (non-hydrogen) atoms. The first-order valence-electron chi connectivity index (χ1n) is 16.4. The Balaban J connectivity index is 1.53. The fraction of sp³-hybridized carbons (Fsp3) is 0.231. The largest absolute Gasteiger partial charge is 0.491 e. The number of esters is 1. The average Bonchev–Trinajstić information content (AvgIpc) is 3.61. The number of benzene rings is 4. The maximum Gasteiger partial charge on any atom is 0.325 e. The number of para-hydroxylation sites is 1. The number of hydrogen-bond acceptors (Lipinski definition) is 8. The van der Waals surface area contributed by atoms with Crippen molar-refractivity contribution in [2.45, 2.75) is 29.6 Å². The zero-order valence-corrected chi connectivity index (χ0v) is 27.2. The second-order valence-corrected chi connectivity index (χ2v) is 12.4. The van der Waals surface area contributed by atoms with Crippen LogP contribution < -0.4 is 21.1 Å². The van der Waals surface area contributed by atoms with Gasteiger partial charge in [-0.05, 0) is 41.0 Å². The van der Waals surface area contributed by atoms with Crippen molar-refractivity contribution >= 4 is 29.6 Å². The highest BCUT2D eigenvalue weighted by molar-refractivity contribution is 6.11. The number of anilines is 1. The number of nitrogens with one attached hydrogen (secondary N) is 2. The van der Waals surface area contributed by atoms with Crippen molar-refractivity contribution in [2.75, 3.05) is 25.1 Å². The summed E-state index contributed by atoms with van der Waals surface area (Å²) < 4.78 is 12.3. The summed E-state index contributed by atoms with van der Waals surface area (Å²) in [5.41, 5.74) is 6.29. The number of aliphatic hydroxyl groups is 1. The van der Waals surface area contributed by atoms with E-state index >= 15 is 0 Å². The number of amides is 3. The summed E-state index contributed by atoms with van der Waals surface area (Å²) in [5, 5.41) is 26.2. The number of ether oxygens (including phenoxy) is 2. The molecule has 7 rings (SSSR count). The molecule has 0 radical (unpaired) electrons. The number of carbonyl (C=O) groups is 4. The quantitative estimate of drug-likeness (QED) is 0.137. The molecular weight excluding hydrogens is 652 g/mol. The van der Waals surface area contributed by atoms with Crippen molar-refractivity contribution in [1.29, 1.82) is 0 Å². The number of cyclic esters (lactones) is 1. The molecule has 0 aromatic heterocycles. The number of carboxylic acids is 1. The van der Waals surface area contributed by atoms with Gasteiger partial charge in [0.05, 0.1) is 25.2 Å². The van der Waals surface area contributed by atoms with Crippen molar-refractivity contribution in [3.05, 3.63) is 131 Å². The first-order chi connectivity index (χ1) is 24.8. The Morgan fingerprint density at radius 1 is 0.941 bits per heavy atom. The Morgan fingerprint density at radius 2 is 1.63 bits per heavy atom. The molecule has 12 nitrogen and oxygen atoms in total. The molecule has 12 heteroatoms. The maximum absolute atomic E-state index is 14.8. The standard InChI is InChI=1S/C39H34N4O8/c40-38(49)41-19-9-10-23-17-18-28-27(22-23)39(37(48)42-28)30(35(45)46)32-36(47)51-33(25-13-5-2-6-14-25)31(24-11-3-1-4-12-24)43(32)34(39)26-15-7-8-16-29(26)50-21-20-44/h1-8,11-18,22,30-34,44H,19-21H2,(H,42,48)(H,45,46)(H3,40,41,49). The lowest BCUT2D eigenvalue weighted by Gasteiger charge is -2.46. The predicted octanol–water partition coefficient (Wildman–Crippen LogP) is 3.43. The molecular formula is C39H34N4O8. The van der Waals surface area contributed by atoms with Crippen LogP contribution in [0.2, 0.25) is 0 Å². The number of aliphatic carboxylic acids is 1. The van der Waals surface area contributed by atoms with E-state index in [4.69, 9.17) is 15.2 Å². The van der Waals surface area contributed by atoms with Gasteiger partial charge >= 0.3 is 18.0 Å². The number of morpholine rings is 1. The van der Waals surface area contributed by atoms with Crippen LogP contribution in [0.5, 0.6) is 5.75 Å². The van der Waals surface area contributed by atoms with Gasteiger partial charge in [0.1, 0.15) is 35.8 Å². The van der Waals surface area contributed by atoms with Crippen molar-refractivity contribution in [2.24, 2.45) is 11.7 Å². The molecule has 3 aliphatic heterocycles. The van der Waals surface area contributed by atoms with Crippen molar-refractivity contribution in [3.63, 3.8) is 0 Å². The number of rotatable bonds is 8. The van der Waals surface area contributed by atoms with Crippen LogP contribution in [0.1, 0.15) is 46.0 Å². The van der Waals surface area contributed by atoms with Gasteiger partial charge in [-0.25, -0.2) is 4.79 Å². The van der Waals surface area contributed by atoms with Crippen LogP contribution in [0.3, 0.4) is 0 Å². The van der Waals surface area contributed by atoms with Crippen molar-refractivity contribution in [1.82, 2.24) is 10.2 Å². The van der Waals surface area contributed by atoms with E-state index in [1.54, 1.807) is 42.5 Å². The van der Waals surface area contributed by atoms with E-state index in [0.717, 1.165) is 5.56 Å². The summed E-state index contributed by atoms with van der Waals surface area (Å²) in [5.74, 6) is 1.70. The first kappa shape index (κ1) is 33.3. The van der Waals surface area contributed by atoms with Crippen molar-refractivity contribution < 1.29 is 38.9 Å². The number of urea groups is 1. The number of carboxylic acid groups (broad SMARTS) is 1. The van der Waals surface area contributed by atoms with E-state index in [0.29, 0.717) is 33.7 Å². The minimum absolute atomic E-state index is 0.0357. The van der Waals surface area contributed by atoms with Gasteiger partial charge in [0.25, 0.3) is 0 Å². The number of nitrogens with two attached hydrogens (primary N) is 1. The van der Waals surface area contributed by atoms with E-state index in [1.807, 2.05) is 65.6 Å². The van der Waals surface area contributed by atoms with Gasteiger partial charge < -0.3 is 36.1 Å². The summed E-state index contributed by atoms with van der Waals surface area (Å²) in [6.45, 7) is -0.396. The number of aliphatic hydroxyl groups excluding tert-OH is 1. The van der Waals surface area contributed by atoms with Crippen LogP contribution in [-0.2, 0) is 24.5 Å². The summed E-state index contributed by atoms with van der Waals surface area (Å²) >= 11 is 0. The summed E-state index contributed by atoms with van der Waals surface area (Å²) in [4.78, 5) is 56.1. The van der Waals surface area contributed by atoms with Crippen LogP contribution in [-0.4, -0.2) is 64.8 Å². The molecule has 2 fully saturated rings. The normalized spacial score (nSPS) is 24.8. The van der Waals surface area contributed by atoms with Gasteiger partial charge in [-0.2, -0.15) is 0 Å². The molecule has 6 unspecified atom stereocenters. The third kappa shape index (κ3) is 5.62. The summed E-state index contributed by atoms with van der Waals surface area (Å²) in [6.07, 6.45) is -0.881. The number of carbonyl (C=O) groups excluding carboxylic acids is 3. The number of fused-ring (bicyclic) bond motifs is 3. The fourth-order valence-corrected chi connectivity index (χ4v) is 7.89. The SMILES string of the molecule is NC(=O)NCC#Cc1ccc2c(c1)C1(C(=O)N2)C(C(=O)O)C2C(=O)OC(c3ccccc3)C(c3ccccc3)N2C1c1ccccc1OCCO. The molecule has 2 saturated heterocycles. The summed E-state index contributed by atoms with van der Waals surface area (Å²) in [7, 11) is 0. The monoisotopic (exact) mass is 686 g/mol. The lowest BCUT2D eigenvalue weighted by molar-refractivity contribution is -0.179. The Hall–Kier alpha value is -6.16. The lowest BCUT2D eigenvalue weighted by Crippen LogP contribution is -2.52. The Labute approximate surface area is 293 Å². The second kappa shape index (κ2) is 13.6. The molecule has 6 N–H and O–H groups in total. The van der Waals surface area contributed by atoms with E-state index in [-0.39, 0.29) is 19.8 Å². The Morgan fingerprint density at radius 3 is 2.31 bits per heavy atom. The fourth-order valence-electron chi connectivity index (χ4n) is 7.89. The van der Waals surface area contributed by atoms with Gasteiger partial charge in [0.2, 0.25) is 5.91 Å². The summed E-state index contributed by atoms with van der Waals surface area (Å²) in [6, 6.07) is 26.4. The van der Waals surface area contributed by atoms with Gasteiger partial charge in [-0.15, -0.1) is 0 Å². The topological polar surface area (TPSA) is 181 Å². The van der Waals surface area contributed by atoms with Gasteiger partial charge in [-0.3, -0.25) is 19.3 Å². The molecule has 3 heterocycles. The molecule has 0 aliphatic carbocycles. The zero-order chi connectivity index (χ0) is 35.7. The molecule has 6 atom stereocenters. The molecule has 1 spiro atoms. The Bertz CT molecular complexity index is 2060. The highest BCUT2D eigenvalue weighted by atomic mass is 16.6. The van der Waals surface area contributed by atoms with Crippen LogP contribution >= 0.6 is 0 Å². The van der Waals surface area contributed by atoms with E-state index < -0.39 is 59.4 Å². The van der Waals surface area contributed by atoms with Crippen LogP contribution in [0.4, 0.5) is 10.5 Å². The smallest absolute Gasteiger partial charge is 0.325 e. The van der Waals surface area contributed by atoms with Gasteiger partial charge in [0.15, 0.2) is 0 Å². The predicted molar refractivity (Wildman–Crippen MR) is 184 cm³/mol. The minimum Gasteiger partial charge on any atom is -0.491 e. The Kier molecular flexibility index (Phi) is 8.91. The molecule has 3 aliphatic rings. The number of nitrogens with zero attached hydrogens (tertiary/aromatic N) is 1. The maximum atomic E-state index is 14.8. The van der Waals surface area contributed by atoms with E-state index in [2.05, 4.69) is 22.5 Å². The lowest BCUT2D eigenvalue weighted by atomic mass is 9.65. The van der Waals surface area contributed by atoms with Crippen LogP contribution in [0, 0.1) is 17.8 Å². The average molecular weight is 687 g/mol. The molecule has 0 saturated carbocycles. The van der Waals surface area contributed by atoms with Gasteiger partial charge in [-0.1, -0.05) is 90.7 Å². The zero-order valence-electron chi connectivity index (χ0n) is 27.2. The highest BCUT2D eigenvalue weighted by Crippen LogP contribution is 2.65. The molecule has 4 aromatic carbocycles. The third-order valence-electron chi connectivity index (χ3n) is 9.72. The molecule has 4 aromatic rings. The van der Waals surface area contributed by atoms with Gasteiger partial charge in [0, 0.05) is 16.8 Å². The van der Waals surface area contributed by atoms with Crippen LogP contribution in [0.15, 0.2) is 103 Å². The van der Waals surface area contributed by atoms with E-state index in [9.17, 15) is 29.4 Å². The minimum atomic E-state index is -1.91. The molecule has 258 valence electrons. The first-order valence-corrected chi connectivity index (χ1v) is 16.4. The second-order valence-electron chi connectivity index (χ2n) is 12.4. The number of primary amides is 1. The molecule has 3 amide bonds. The third-order valence-corrected chi connectivity index (χ3v) is 9.72. The van der Waals surface area contributed by atoms with Crippen LogP contribution in [0.25, 0.3) is 0 Å². The highest BCUT2D eigenvalue weighted by Gasteiger charge is 2.74. The molecule has 0 bridgehead atoms. The van der Waals surface area contributed by atoms with E-state index in [1.165, 1.54) is 0 Å².